The maximum atomic E-state index is 13.7. The van der Waals surface area contributed by atoms with E-state index in [9.17, 15) is 4.39 Å². The molecule has 0 aliphatic rings. The summed E-state index contributed by atoms with van der Waals surface area (Å²) in [5.74, 6) is -0.389. The minimum atomic E-state index is -0.389. The molecule has 2 rings (SSSR count). The zero-order valence-electron chi connectivity index (χ0n) is 10.5. The van der Waals surface area contributed by atoms with Crippen LogP contribution in [0.15, 0.2) is 35.0 Å². The van der Waals surface area contributed by atoms with Gasteiger partial charge in [-0.25, -0.2) is 4.39 Å². The quantitative estimate of drug-likeness (QED) is 0.828. The van der Waals surface area contributed by atoms with Gasteiger partial charge in [-0.15, -0.1) is 0 Å². The summed E-state index contributed by atoms with van der Waals surface area (Å²) in [6, 6.07) is 7.06. The van der Waals surface area contributed by atoms with Crippen LogP contribution in [0.4, 0.5) is 10.1 Å². The SMILES string of the molecule is CC(Cc1ccsc1)Nc1cccc(F)c1C(N)=S. The molecule has 0 radical (unpaired) electrons. The van der Waals surface area contributed by atoms with Crippen molar-refractivity contribution in [2.24, 2.45) is 5.73 Å². The maximum Gasteiger partial charge on any atom is 0.135 e. The van der Waals surface area contributed by atoms with E-state index in [1.165, 1.54) is 11.6 Å². The van der Waals surface area contributed by atoms with E-state index >= 15 is 0 Å². The van der Waals surface area contributed by atoms with Gasteiger partial charge >= 0.3 is 0 Å². The maximum absolute atomic E-state index is 13.7. The summed E-state index contributed by atoms with van der Waals surface area (Å²) < 4.78 is 13.7. The Kier molecular flexibility index (Phi) is 4.50. The third-order valence-corrected chi connectivity index (χ3v) is 3.72. The Balaban J connectivity index is 2.14. The number of hydrogen-bond acceptors (Lipinski definition) is 3. The highest BCUT2D eigenvalue weighted by Crippen LogP contribution is 2.21. The Labute approximate surface area is 121 Å². The summed E-state index contributed by atoms with van der Waals surface area (Å²) in [6.07, 6.45) is 0.872. The highest BCUT2D eigenvalue weighted by Gasteiger charge is 2.13. The van der Waals surface area contributed by atoms with Crippen molar-refractivity contribution < 1.29 is 4.39 Å². The van der Waals surface area contributed by atoms with Crippen molar-refractivity contribution in [2.75, 3.05) is 5.32 Å². The lowest BCUT2D eigenvalue weighted by atomic mass is 10.1. The molecule has 1 aromatic heterocycles. The van der Waals surface area contributed by atoms with Crippen LogP contribution in [0.5, 0.6) is 0 Å². The molecule has 5 heteroatoms. The van der Waals surface area contributed by atoms with Crippen molar-refractivity contribution in [2.45, 2.75) is 19.4 Å². The fraction of sp³-hybridized carbons (Fsp3) is 0.214. The fourth-order valence-corrected chi connectivity index (χ4v) is 2.86. The summed E-state index contributed by atoms with van der Waals surface area (Å²) >= 11 is 6.58. The van der Waals surface area contributed by atoms with Gasteiger partial charge in [0.25, 0.3) is 0 Å². The smallest absolute Gasteiger partial charge is 0.135 e. The highest BCUT2D eigenvalue weighted by atomic mass is 32.1. The zero-order chi connectivity index (χ0) is 13.8. The minimum Gasteiger partial charge on any atom is -0.389 e. The van der Waals surface area contributed by atoms with Crippen LogP contribution in [0.1, 0.15) is 18.1 Å². The van der Waals surface area contributed by atoms with Crippen molar-refractivity contribution in [3.8, 4) is 0 Å². The van der Waals surface area contributed by atoms with Crippen molar-refractivity contribution in [1.29, 1.82) is 0 Å². The van der Waals surface area contributed by atoms with Gasteiger partial charge < -0.3 is 11.1 Å². The van der Waals surface area contributed by atoms with Gasteiger partial charge in [0.2, 0.25) is 0 Å². The molecule has 0 spiro atoms. The van der Waals surface area contributed by atoms with Crippen LogP contribution in [0.25, 0.3) is 0 Å². The number of halogens is 1. The second-order valence-electron chi connectivity index (χ2n) is 4.41. The Morgan fingerprint density at radius 1 is 1.47 bits per heavy atom. The molecular weight excluding hydrogens is 279 g/mol. The predicted molar refractivity (Wildman–Crippen MR) is 83.4 cm³/mol. The molecule has 3 N–H and O–H groups in total. The molecule has 19 heavy (non-hydrogen) atoms. The normalized spacial score (nSPS) is 12.1. The van der Waals surface area contributed by atoms with Gasteiger partial charge in [0.1, 0.15) is 10.8 Å². The van der Waals surface area contributed by atoms with Crippen molar-refractivity contribution in [3.63, 3.8) is 0 Å². The summed E-state index contributed by atoms with van der Waals surface area (Å²) in [5, 5.41) is 7.42. The molecule has 0 aliphatic carbocycles. The predicted octanol–water partition coefficient (Wildman–Crippen LogP) is 3.56. The van der Waals surface area contributed by atoms with Gasteiger partial charge in [-0.1, -0.05) is 18.3 Å². The molecule has 0 amide bonds. The Bertz CT molecular complexity index is 567. The average molecular weight is 294 g/mol. The fourth-order valence-electron chi connectivity index (χ4n) is 1.97. The van der Waals surface area contributed by atoms with Gasteiger partial charge in [-0.3, -0.25) is 0 Å². The number of thiocarbonyl (C=S) groups is 1. The number of benzene rings is 1. The van der Waals surface area contributed by atoms with Crippen LogP contribution in [-0.4, -0.2) is 11.0 Å². The summed E-state index contributed by atoms with van der Waals surface area (Å²) in [6.45, 7) is 2.05. The van der Waals surface area contributed by atoms with Crippen LogP contribution in [0, 0.1) is 5.82 Å². The van der Waals surface area contributed by atoms with Crippen LogP contribution < -0.4 is 11.1 Å². The lowest BCUT2D eigenvalue weighted by Gasteiger charge is -2.17. The largest absolute Gasteiger partial charge is 0.389 e. The standard InChI is InChI=1S/C14H15FN2S2/c1-9(7-10-5-6-19-8-10)17-12-4-2-3-11(15)13(12)14(16)18/h2-6,8-9,17H,7H2,1H3,(H2,16,18). The lowest BCUT2D eigenvalue weighted by Crippen LogP contribution is -2.22. The first kappa shape index (κ1) is 14.0. The second kappa shape index (κ2) is 6.12. The molecule has 0 saturated heterocycles. The topological polar surface area (TPSA) is 38.0 Å². The van der Waals surface area contributed by atoms with E-state index in [0.717, 1.165) is 6.42 Å². The first-order valence-electron chi connectivity index (χ1n) is 5.94. The van der Waals surface area contributed by atoms with Crippen molar-refractivity contribution >= 4 is 34.2 Å². The van der Waals surface area contributed by atoms with Crippen molar-refractivity contribution in [3.05, 3.63) is 52.0 Å². The molecule has 0 bridgehead atoms. The summed E-state index contributed by atoms with van der Waals surface area (Å²) in [5.41, 5.74) is 7.78. The molecular formula is C14H15FN2S2. The molecule has 1 atom stereocenters. The first-order chi connectivity index (χ1) is 9.08. The van der Waals surface area contributed by atoms with E-state index in [0.29, 0.717) is 5.69 Å². The molecule has 0 saturated carbocycles. The first-order valence-corrected chi connectivity index (χ1v) is 7.29. The molecule has 2 nitrogen and oxygen atoms in total. The molecule has 1 unspecified atom stereocenters. The molecule has 1 aromatic carbocycles. The lowest BCUT2D eigenvalue weighted by molar-refractivity contribution is 0.625. The molecule has 0 aliphatic heterocycles. The minimum absolute atomic E-state index is 0.0725. The third-order valence-electron chi connectivity index (χ3n) is 2.78. The second-order valence-corrected chi connectivity index (χ2v) is 5.63. The van der Waals surface area contributed by atoms with E-state index in [2.05, 4.69) is 16.8 Å². The number of hydrogen-bond donors (Lipinski definition) is 2. The van der Waals surface area contributed by atoms with Gasteiger partial charge in [-0.05, 0) is 47.9 Å². The average Bonchev–Trinajstić information content (AvgIpc) is 2.81. The number of thiophene rings is 1. The Morgan fingerprint density at radius 2 is 2.26 bits per heavy atom. The van der Waals surface area contributed by atoms with E-state index in [-0.39, 0.29) is 22.4 Å². The molecule has 100 valence electrons. The highest BCUT2D eigenvalue weighted by molar-refractivity contribution is 7.80. The summed E-state index contributed by atoms with van der Waals surface area (Å²) in [4.78, 5) is 0.0725. The van der Waals surface area contributed by atoms with Crippen LogP contribution in [0.3, 0.4) is 0 Å². The van der Waals surface area contributed by atoms with E-state index in [1.54, 1.807) is 23.5 Å². The Morgan fingerprint density at radius 3 is 2.89 bits per heavy atom. The van der Waals surface area contributed by atoms with Gasteiger partial charge in [0, 0.05) is 11.7 Å². The monoisotopic (exact) mass is 294 g/mol. The number of rotatable bonds is 5. The summed E-state index contributed by atoms with van der Waals surface area (Å²) in [7, 11) is 0. The van der Waals surface area contributed by atoms with E-state index in [1.807, 2.05) is 12.3 Å². The number of nitrogens with two attached hydrogens (primary N) is 1. The Hall–Kier alpha value is -1.46. The number of anilines is 1. The van der Waals surface area contributed by atoms with E-state index in [4.69, 9.17) is 18.0 Å². The van der Waals surface area contributed by atoms with Crippen LogP contribution in [-0.2, 0) is 6.42 Å². The zero-order valence-corrected chi connectivity index (χ0v) is 12.2. The van der Waals surface area contributed by atoms with Gasteiger partial charge in [-0.2, -0.15) is 11.3 Å². The number of nitrogens with one attached hydrogen (secondary N) is 1. The molecule has 2 aromatic rings. The third kappa shape index (κ3) is 3.52. The van der Waals surface area contributed by atoms with Crippen LogP contribution >= 0.6 is 23.6 Å². The van der Waals surface area contributed by atoms with Crippen LogP contribution in [0.2, 0.25) is 0 Å². The van der Waals surface area contributed by atoms with E-state index < -0.39 is 0 Å². The molecule has 1 heterocycles. The van der Waals surface area contributed by atoms with Crippen molar-refractivity contribution in [1.82, 2.24) is 0 Å². The van der Waals surface area contributed by atoms with Gasteiger partial charge in [0.15, 0.2) is 0 Å². The van der Waals surface area contributed by atoms with Gasteiger partial charge in [0.05, 0.1) is 5.56 Å². The molecule has 0 fully saturated rings.